The number of hydrogen-bond donors (Lipinski definition) is 1. The van der Waals surface area contributed by atoms with Crippen LogP contribution in [0.1, 0.15) is 44.9 Å². The van der Waals surface area contributed by atoms with Gasteiger partial charge in [0.15, 0.2) is 0 Å². The predicted molar refractivity (Wildman–Crippen MR) is 141 cm³/mol. The van der Waals surface area contributed by atoms with E-state index in [0.29, 0.717) is 16.5 Å². The molecule has 1 amide bonds. The number of ether oxygens (including phenoxy) is 1. The second-order valence-electron chi connectivity index (χ2n) is 9.32. The summed E-state index contributed by atoms with van der Waals surface area (Å²) >= 11 is 6.00. The SMILES string of the molecule is COc1ccc(S(=O)(=O)N(CC(=O)N[C@H](C)c2ccc(C(C)(C)C)cc2)c2ccc(Cl)cc2)cc1. The predicted octanol–water partition coefficient (Wildman–Crippen LogP) is 5.72. The molecule has 35 heavy (non-hydrogen) atoms. The number of nitrogens with zero attached hydrogens (tertiary/aromatic N) is 1. The Labute approximate surface area is 212 Å². The van der Waals surface area contributed by atoms with Crippen LogP contribution in [-0.2, 0) is 20.2 Å². The molecule has 8 heteroatoms. The van der Waals surface area contributed by atoms with Gasteiger partial charge >= 0.3 is 0 Å². The van der Waals surface area contributed by atoms with E-state index in [0.717, 1.165) is 9.87 Å². The monoisotopic (exact) mass is 514 g/mol. The first-order valence-electron chi connectivity index (χ1n) is 11.2. The number of anilines is 1. The normalized spacial score (nSPS) is 12.6. The zero-order valence-corrected chi connectivity index (χ0v) is 22.2. The fourth-order valence-electron chi connectivity index (χ4n) is 3.57. The van der Waals surface area contributed by atoms with Crippen LogP contribution in [0.2, 0.25) is 5.02 Å². The zero-order chi connectivity index (χ0) is 25.8. The fourth-order valence-corrected chi connectivity index (χ4v) is 5.12. The molecule has 6 nitrogen and oxygen atoms in total. The van der Waals surface area contributed by atoms with Crippen molar-refractivity contribution in [1.82, 2.24) is 5.32 Å². The highest BCUT2D eigenvalue weighted by molar-refractivity contribution is 7.92. The van der Waals surface area contributed by atoms with E-state index in [4.69, 9.17) is 16.3 Å². The number of halogens is 1. The van der Waals surface area contributed by atoms with Gasteiger partial charge < -0.3 is 10.1 Å². The van der Waals surface area contributed by atoms with Gasteiger partial charge in [0.1, 0.15) is 12.3 Å². The van der Waals surface area contributed by atoms with Crippen molar-refractivity contribution in [3.05, 3.63) is 88.9 Å². The van der Waals surface area contributed by atoms with Crippen LogP contribution >= 0.6 is 11.6 Å². The van der Waals surface area contributed by atoms with Crippen LogP contribution in [0, 0.1) is 0 Å². The van der Waals surface area contributed by atoms with Crippen LogP contribution in [0.3, 0.4) is 0 Å². The van der Waals surface area contributed by atoms with Crippen molar-refractivity contribution in [3.8, 4) is 5.75 Å². The largest absolute Gasteiger partial charge is 0.497 e. The maximum absolute atomic E-state index is 13.5. The van der Waals surface area contributed by atoms with Crippen molar-refractivity contribution >= 4 is 33.2 Å². The summed E-state index contributed by atoms with van der Waals surface area (Å²) in [5, 5.41) is 3.38. The minimum Gasteiger partial charge on any atom is -0.497 e. The van der Waals surface area contributed by atoms with Gasteiger partial charge in [-0.25, -0.2) is 8.42 Å². The summed E-state index contributed by atoms with van der Waals surface area (Å²) in [4.78, 5) is 13.1. The molecule has 0 aliphatic carbocycles. The van der Waals surface area contributed by atoms with E-state index in [9.17, 15) is 13.2 Å². The van der Waals surface area contributed by atoms with Crippen molar-refractivity contribution < 1.29 is 17.9 Å². The Morgan fingerprint density at radius 2 is 1.54 bits per heavy atom. The van der Waals surface area contributed by atoms with Gasteiger partial charge in [-0.3, -0.25) is 9.10 Å². The Balaban J connectivity index is 1.84. The second kappa shape index (κ2) is 10.7. The highest BCUT2D eigenvalue weighted by Gasteiger charge is 2.28. The summed E-state index contributed by atoms with van der Waals surface area (Å²) in [5.74, 6) is 0.107. The standard InChI is InChI=1S/C27H31ClN2O4S/c1-19(20-6-8-21(9-7-20)27(2,3)4)29-26(31)18-30(23-12-10-22(28)11-13-23)35(32,33)25-16-14-24(34-5)15-17-25/h6-17,19H,18H2,1-5H3,(H,29,31)/t19-/m1/s1. The first-order chi connectivity index (χ1) is 16.4. The summed E-state index contributed by atoms with van der Waals surface area (Å²) in [5.41, 5.74) is 2.49. The average molecular weight is 515 g/mol. The number of rotatable bonds is 8. The Morgan fingerprint density at radius 3 is 2.06 bits per heavy atom. The van der Waals surface area contributed by atoms with Crippen molar-refractivity contribution in [1.29, 1.82) is 0 Å². The number of carbonyl (C=O) groups excluding carboxylic acids is 1. The lowest BCUT2D eigenvalue weighted by Crippen LogP contribution is -2.41. The lowest BCUT2D eigenvalue weighted by atomic mass is 9.86. The number of methoxy groups -OCH3 is 1. The van der Waals surface area contributed by atoms with Gasteiger partial charge in [0.25, 0.3) is 10.0 Å². The van der Waals surface area contributed by atoms with E-state index >= 15 is 0 Å². The van der Waals surface area contributed by atoms with E-state index in [-0.39, 0.29) is 22.9 Å². The summed E-state index contributed by atoms with van der Waals surface area (Å²) in [6.07, 6.45) is 0. The van der Waals surface area contributed by atoms with Gasteiger partial charge in [-0.05, 0) is 72.0 Å². The average Bonchev–Trinajstić information content (AvgIpc) is 2.82. The molecular weight excluding hydrogens is 484 g/mol. The highest BCUT2D eigenvalue weighted by Crippen LogP contribution is 2.27. The first-order valence-corrected chi connectivity index (χ1v) is 13.1. The van der Waals surface area contributed by atoms with Crippen molar-refractivity contribution in [2.45, 2.75) is 44.0 Å². The van der Waals surface area contributed by atoms with Gasteiger partial charge in [-0.15, -0.1) is 0 Å². The number of hydrogen-bond acceptors (Lipinski definition) is 4. The Bertz CT molecular complexity index is 1250. The lowest BCUT2D eigenvalue weighted by Gasteiger charge is -2.25. The molecule has 1 atom stereocenters. The third kappa shape index (κ3) is 6.55. The molecular formula is C27H31ClN2O4S. The van der Waals surface area contributed by atoms with Crippen molar-refractivity contribution in [2.75, 3.05) is 18.0 Å². The number of benzene rings is 3. The quantitative estimate of drug-likeness (QED) is 0.417. The van der Waals surface area contributed by atoms with Crippen molar-refractivity contribution in [3.63, 3.8) is 0 Å². The van der Waals surface area contributed by atoms with Crippen LogP contribution in [0.4, 0.5) is 5.69 Å². The van der Waals surface area contributed by atoms with Crippen LogP contribution in [0.25, 0.3) is 0 Å². The Kier molecular flexibility index (Phi) is 8.13. The van der Waals surface area contributed by atoms with E-state index in [2.05, 4.69) is 26.1 Å². The lowest BCUT2D eigenvalue weighted by molar-refractivity contribution is -0.120. The molecule has 0 fully saturated rings. The fraction of sp³-hybridized carbons (Fsp3) is 0.296. The molecule has 0 saturated heterocycles. The summed E-state index contributed by atoms with van der Waals surface area (Å²) < 4.78 is 33.2. The maximum atomic E-state index is 13.5. The molecule has 0 aliphatic rings. The van der Waals surface area contributed by atoms with Crippen LogP contribution in [0.15, 0.2) is 77.7 Å². The Hall–Kier alpha value is -3.03. The maximum Gasteiger partial charge on any atom is 0.264 e. The molecule has 1 N–H and O–H groups in total. The molecule has 3 aromatic carbocycles. The van der Waals surface area contributed by atoms with Gasteiger partial charge in [0.05, 0.1) is 23.7 Å². The highest BCUT2D eigenvalue weighted by atomic mass is 35.5. The third-order valence-corrected chi connectivity index (χ3v) is 7.74. The molecule has 3 aromatic rings. The zero-order valence-electron chi connectivity index (χ0n) is 20.6. The molecule has 186 valence electrons. The molecule has 0 spiro atoms. The summed E-state index contributed by atoms with van der Waals surface area (Å²) in [6, 6.07) is 20.1. The van der Waals surface area contributed by atoms with E-state index in [1.165, 1.54) is 24.8 Å². The molecule has 0 bridgehead atoms. The number of amides is 1. The summed E-state index contributed by atoms with van der Waals surface area (Å²) in [6.45, 7) is 7.90. The van der Waals surface area contributed by atoms with E-state index < -0.39 is 15.9 Å². The van der Waals surface area contributed by atoms with Crippen LogP contribution in [-0.4, -0.2) is 28.0 Å². The number of nitrogens with one attached hydrogen (secondary N) is 1. The van der Waals surface area contributed by atoms with Crippen LogP contribution < -0.4 is 14.4 Å². The number of sulfonamides is 1. The molecule has 0 aliphatic heterocycles. The first kappa shape index (κ1) is 26.6. The van der Waals surface area contributed by atoms with Gasteiger partial charge in [0.2, 0.25) is 5.91 Å². The molecule has 0 aromatic heterocycles. The molecule has 0 heterocycles. The van der Waals surface area contributed by atoms with E-state index in [1.54, 1.807) is 36.4 Å². The van der Waals surface area contributed by atoms with Gasteiger partial charge in [-0.1, -0.05) is 56.6 Å². The Morgan fingerprint density at radius 1 is 0.971 bits per heavy atom. The van der Waals surface area contributed by atoms with Crippen LogP contribution in [0.5, 0.6) is 5.75 Å². The molecule has 0 saturated carbocycles. The van der Waals surface area contributed by atoms with Crippen molar-refractivity contribution in [2.24, 2.45) is 0 Å². The van der Waals surface area contributed by atoms with E-state index in [1.807, 2.05) is 31.2 Å². The number of carbonyl (C=O) groups is 1. The third-order valence-electron chi connectivity index (χ3n) is 5.70. The minimum atomic E-state index is -4.04. The topological polar surface area (TPSA) is 75.7 Å². The molecule has 0 unspecified atom stereocenters. The minimum absolute atomic E-state index is 0.0277. The summed E-state index contributed by atoms with van der Waals surface area (Å²) in [7, 11) is -2.53. The second-order valence-corrected chi connectivity index (χ2v) is 11.6. The molecule has 3 rings (SSSR count). The van der Waals surface area contributed by atoms with Gasteiger partial charge in [0, 0.05) is 5.02 Å². The van der Waals surface area contributed by atoms with Gasteiger partial charge in [-0.2, -0.15) is 0 Å². The molecule has 0 radical (unpaired) electrons. The smallest absolute Gasteiger partial charge is 0.264 e.